The van der Waals surface area contributed by atoms with E-state index in [0.717, 1.165) is 44.5 Å². The summed E-state index contributed by atoms with van der Waals surface area (Å²) in [5.41, 5.74) is 5.09. The minimum Gasteiger partial charge on any atom is -0.449 e. The van der Waals surface area contributed by atoms with Gasteiger partial charge in [0.1, 0.15) is 42.9 Å². The van der Waals surface area contributed by atoms with Crippen LogP contribution in [0.1, 0.15) is 134 Å². The Bertz CT molecular complexity index is 3390. The molecule has 6 aromatic rings. The van der Waals surface area contributed by atoms with Gasteiger partial charge in [-0.15, -0.1) is 0 Å². The number of hydrogen-bond donors (Lipinski definition) is 8. The van der Waals surface area contributed by atoms with Crippen molar-refractivity contribution in [2.75, 3.05) is 19.7 Å². The number of carbonyl (C=O) groups is 9. The van der Waals surface area contributed by atoms with Crippen molar-refractivity contribution in [3.05, 3.63) is 203 Å². The lowest BCUT2D eigenvalue weighted by Crippen LogP contribution is -2.62. The zero-order chi connectivity index (χ0) is 68.0. The molecule has 0 saturated heterocycles. The van der Waals surface area contributed by atoms with E-state index in [9.17, 15) is 43.2 Å². The highest BCUT2D eigenvalue weighted by Crippen LogP contribution is 2.44. The number of hydrogen-bond acceptors (Lipinski definition) is 12. The standard InChI is InChI=1S/C74H90N8O12/c1-10-48(4)65(70(89)81-66(50(6)94-73(7,8)9)69(88)76-44-64(85)77-61(49(5)83)43-63(84)82-74(52-30-17-12-18-31-52,53-32-19-13-20-33-53)54-34-21-14-22-35-54)80-67(86)60(40-27-41-75-71(90)92-45-51-28-15-11-16-29-51)78-68(87)62(42-47(2)3)79-72(91)93-46-59-57-38-25-23-36-55(57)56-37-24-26-39-58(56)59/h11-26,28-39,47-48,50,59-62,65-66H,10,27,40-46H2,1-9H3,(H,75,90)(H,76,88)(H,77,85)(H,78,87)(H,79,91)(H,80,86)(H,81,89)(H,82,84)/t48-,50-,60+,61-,62-,65-,66-/m0/s1. The lowest BCUT2D eigenvalue weighted by molar-refractivity contribution is -0.140. The van der Waals surface area contributed by atoms with Crippen molar-refractivity contribution in [3.63, 3.8) is 0 Å². The van der Waals surface area contributed by atoms with Crippen LogP contribution in [0.25, 0.3) is 11.1 Å². The van der Waals surface area contributed by atoms with Crippen LogP contribution in [0.5, 0.6) is 0 Å². The third-order valence-electron chi connectivity index (χ3n) is 16.4. The average Bonchev–Trinajstić information content (AvgIpc) is 1.74. The van der Waals surface area contributed by atoms with E-state index in [-0.39, 0.29) is 50.9 Å². The van der Waals surface area contributed by atoms with Gasteiger partial charge in [0.2, 0.25) is 35.4 Å². The second kappa shape index (κ2) is 34.3. The molecule has 6 aromatic carbocycles. The molecule has 0 radical (unpaired) electrons. The van der Waals surface area contributed by atoms with Gasteiger partial charge < -0.3 is 56.7 Å². The molecule has 1 aliphatic carbocycles. The van der Waals surface area contributed by atoms with E-state index in [1.54, 1.807) is 34.6 Å². The molecule has 7 atom stereocenters. The van der Waals surface area contributed by atoms with Gasteiger partial charge in [-0.25, -0.2) is 9.59 Å². The quantitative estimate of drug-likeness (QED) is 0.0145. The highest BCUT2D eigenvalue weighted by atomic mass is 16.6. The van der Waals surface area contributed by atoms with Gasteiger partial charge in [-0.2, -0.15) is 0 Å². The Morgan fingerprint density at radius 3 is 1.54 bits per heavy atom. The van der Waals surface area contributed by atoms with Gasteiger partial charge in [0, 0.05) is 12.5 Å². The summed E-state index contributed by atoms with van der Waals surface area (Å²) in [6, 6.07) is 46.5. The molecule has 0 fully saturated rings. The predicted octanol–water partition coefficient (Wildman–Crippen LogP) is 9.04. The molecule has 0 unspecified atom stereocenters. The molecular formula is C74H90N8O12. The molecule has 0 saturated carbocycles. The molecule has 0 heterocycles. The minimum atomic E-state index is -1.47. The summed E-state index contributed by atoms with van der Waals surface area (Å²) in [5.74, 6) is -5.93. The summed E-state index contributed by atoms with van der Waals surface area (Å²) in [6.45, 7) is 14.7. The molecule has 8 N–H and O–H groups in total. The molecule has 1 aliphatic rings. The van der Waals surface area contributed by atoms with Crippen LogP contribution in [0, 0.1) is 11.8 Å². The van der Waals surface area contributed by atoms with E-state index in [4.69, 9.17) is 14.2 Å². The monoisotopic (exact) mass is 1280 g/mol. The topological polar surface area (TPSA) is 278 Å². The molecule has 498 valence electrons. The van der Waals surface area contributed by atoms with E-state index in [2.05, 4.69) is 42.5 Å². The minimum absolute atomic E-state index is 0.00833. The van der Waals surface area contributed by atoms with Crippen molar-refractivity contribution in [1.82, 2.24) is 42.5 Å². The Morgan fingerprint density at radius 1 is 0.511 bits per heavy atom. The number of fused-ring (bicyclic) bond motifs is 3. The van der Waals surface area contributed by atoms with Crippen molar-refractivity contribution in [1.29, 1.82) is 0 Å². The van der Waals surface area contributed by atoms with Crippen molar-refractivity contribution in [3.8, 4) is 11.1 Å². The number of ketones is 1. The first kappa shape index (κ1) is 71.7. The smallest absolute Gasteiger partial charge is 0.407 e. The van der Waals surface area contributed by atoms with Gasteiger partial charge in [-0.05, 0) is 110 Å². The molecule has 0 aliphatic heterocycles. The van der Waals surface area contributed by atoms with Gasteiger partial charge in [-0.3, -0.25) is 33.6 Å². The summed E-state index contributed by atoms with van der Waals surface area (Å²) in [6.07, 6.45) is -2.43. The number of benzene rings is 6. The van der Waals surface area contributed by atoms with Crippen molar-refractivity contribution in [2.24, 2.45) is 11.8 Å². The molecule has 0 bridgehead atoms. The number of nitrogens with one attached hydrogen (secondary N) is 8. The number of amides is 8. The van der Waals surface area contributed by atoms with E-state index < -0.39 is 120 Å². The molecule has 0 spiro atoms. The first-order valence-corrected chi connectivity index (χ1v) is 32.2. The maximum atomic E-state index is 14.8. The number of carbonyl (C=O) groups excluding carboxylic acids is 9. The molecule has 20 heteroatoms. The molecule has 0 aromatic heterocycles. The normalized spacial score (nSPS) is 14.1. The average molecular weight is 1280 g/mol. The summed E-state index contributed by atoms with van der Waals surface area (Å²) in [5, 5.41) is 22.2. The van der Waals surface area contributed by atoms with Crippen LogP contribution in [0.3, 0.4) is 0 Å². The molecular weight excluding hydrogens is 1190 g/mol. The molecule has 8 amide bonds. The van der Waals surface area contributed by atoms with E-state index in [1.807, 2.05) is 191 Å². The lowest BCUT2D eigenvalue weighted by Gasteiger charge is -2.37. The maximum absolute atomic E-state index is 14.8. The number of ether oxygens (including phenoxy) is 3. The highest BCUT2D eigenvalue weighted by molar-refractivity contribution is 5.97. The highest BCUT2D eigenvalue weighted by Gasteiger charge is 2.40. The lowest BCUT2D eigenvalue weighted by atomic mass is 9.77. The Labute approximate surface area is 551 Å². The van der Waals surface area contributed by atoms with Crippen LogP contribution in [0.15, 0.2) is 170 Å². The third kappa shape index (κ3) is 20.2. The number of rotatable bonds is 32. The SMILES string of the molecule is CC[C@H](C)[C@H](NC(=O)[C@@H](CCCNC(=O)OCc1ccccc1)NC(=O)[C@H](CC(C)C)NC(=O)OCC1c2ccccc2-c2ccccc21)C(=O)N[C@H](C(=O)NCC(=O)N[C@@H](CC(=O)NC(c1ccccc1)(c1ccccc1)c1ccccc1)C(C)=O)[C@H](C)OC(C)(C)C. The van der Waals surface area contributed by atoms with Crippen LogP contribution in [0.4, 0.5) is 9.59 Å². The number of Topliss-reactive ketones (excluding diaryl/α,β-unsaturated/α-hetero) is 1. The molecule has 20 nitrogen and oxygen atoms in total. The van der Waals surface area contributed by atoms with Crippen LogP contribution in [0.2, 0.25) is 0 Å². The first-order chi connectivity index (χ1) is 45.0. The molecule has 7 rings (SSSR count). The maximum Gasteiger partial charge on any atom is 0.407 e. The van der Waals surface area contributed by atoms with Crippen LogP contribution in [-0.4, -0.2) is 115 Å². The van der Waals surface area contributed by atoms with E-state index in [1.165, 1.54) is 6.92 Å². The van der Waals surface area contributed by atoms with E-state index in [0.29, 0.717) is 6.42 Å². The van der Waals surface area contributed by atoms with Gasteiger partial charge in [0.15, 0.2) is 5.78 Å². The van der Waals surface area contributed by atoms with Gasteiger partial charge >= 0.3 is 12.2 Å². The van der Waals surface area contributed by atoms with Gasteiger partial charge in [0.25, 0.3) is 0 Å². The fourth-order valence-electron chi connectivity index (χ4n) is 11.6. The fourth-order valence-corrected chi connectivity index (χ4v) is 11.6. The van der Waals surface area contributed by atoms with Gasteiger partial charge in [-0.1, -0.05) is 204 Å². The fraction of sp³-hybridized carbons (Fsp3) is 0.392. The summed E-state index contributed by atoms with van der Waals surface area (Å²) < 4.78 is 17.4. The van der Waals surface area contributed by atoms with Crippen molar-refractivity contribution in [2.45, 2.75) is 154 Å². The Hall–Kier alpha value is -9.69. The molecule has 94 heavy (non-hydrogen) atoms. The Kier molecular flexibility index (Phi) is 26.2. The summed E-state index contributed by atoms with van der Waals surface area (Å²) in [7, 11) is 0. The Morgan fingerprint density at radius 2 is 1.02 bits per heavy atom. The van der Waals surface area contributed by atoms with Crippen molar-refractivity contribution < 1.29 is 57.4 Å². The predicted molar refractivity (Wildman–Crippen MR) is 358 cm³/mol. The van der Waals surface area contributed by atoms with Gasteiger partial charge in [0.05, 0.1) is 30.7 Å². The summed E-state index contributed by atoms with van der Waals surface area (Å²) >= 11 is 0. The Balaban J connectivity index is 1.04. The third-order valence-corrected chi connectivity index (χ3v) is 16.4. The zero-order valence-corrected chi connectivity index (χ0v) is 55.1. The second-order valence-corrected chi connectivity index (χ2v) is 25.2. The first-order valence-electron chi connectivity index (χ1n) is 32.2. The number of alkyl carbamates (subject to hydrolysis) is 2. The van der Waals surface area contributed by atoms with Crippen molar-refractivity contribution >= 4 is 53.4 Å². The van der Waals surface area contributed by atoms with Crippen LogP contribution >= 0.6 is 0 Å². The van der Waals surface area contributed by atoms with E-state index >= 15 is 0 Å². The summed E-state index contributed by atoms with van der Waals surface area (Å²) in [4.78, 5) is 126. The van der Waals surface area contributed by atoms with Crippen LogP contribution < -0.4 is 42.5 Å². The largest absolute Gasteiger partial charge is 0.449 e. The van der Waals surface area contributed by atoms with Crippen LogP contribution in [-0.2, 0) is 59.9 Å². The second-order valence-electron chi connectivity index (χ2n) is 25.2. The zero-order valence-electron chi connectivity index (χ0n) is 55.1.